The van der Waals surface area contributed by atoms with Crippen LogP contribution in [0.2, 0.25) is 0 Å². The monoisotopic (exact) mass is 358 g/mol. The minimum atomic E-state index is -3.47. The lowest BCUT2D eigenvalue weighted by Gasteiger charge is -2.31. The fourth-order valence-electron chi connectivity index (χ4n) is 3.08. The quantitative estimate of drug-likeness (QED) is 0.864. The van der Waals surface area contributed by atoms with Crippen molar-refractivity contribution in [2.75, 3.05) is 26.2 Å². The molecule has 0 saturated carbocycles. The van der Waals surface area contributed by atoms with E-state index in [1.165, 1.54) is 15.6 Å². The first-order valence-electron chi connectivity index (χ1n) is 8.00. The summed E-state index contributed by atoms with van der Waals surface area (Å²) >= 11 is 1.21. The predicted molar refractivity (Wildman–Crippen MR) is 87.8 cm³/mol. The Labute approximate surface area is 140 Å². The van der Waals surface area contributed by atoms with Crippen LogP contribution in [-0.4, -0.2) is 51.0 Å². The van der Waals surface area contributed by atoms with Crippen LogP contribution in [0, 0.1) is 5.92 Å². The van der Waals surface area contributed by atoms with Gasteiger partial charge in [-0.3, -0.25) is 4.79 Å². The average Bonchev–Trinajstić information content (AvgIpc) is 3.26. The van der Waals surface area contributed by atoms with Crippen molar-refractivity contribution < 1.29 is 17.9 Å². The highest BCUT2D eigenvalue weighted by molar-refractivity contribution is 7.91. The highest BCUT2D eigenvalue weighted by Gasteiger charge is 2.34. The van der Waals surface area contributed by atoms with E-state index in [1.54, 1.807) is 17.5 Å². The molecule has 1 aromatic rings. The van der Waals surface area contributed by atoms with Gasteiger partial charge >= 0.3 is 0 Å². The zero-order valence-corrected chi connectivity index (χ0v) is 14.6. The molecule has 0 aromatic carbocycles. The van der Waals surface area contributed by atoms with Crippen LogP contribution in [0.15, 0.2) is 21.7 Å². The summed E-state index contributed by atoms with van der Waals surface area (Å²) < 4.78 is 32.4. The Balaban J connectivity index is 1.58. The number of nitrogens with zero attached hydrogens (tertiary/aromatic N) is 1. The van der Waals surface area contributed by atoms with E-state index in [0.29, 0.717) is 23.7 Å². The first kappa shape index (κ1) is 16.9. The number of piperidine rings is 1. The standard InChI is InChI=1S/C15H22N2O4S2/c18-15(16-10-13-5-2-8-21-13)12-4-1-7-17(11-12)23(19,20)14-6-3-9-22-14/h3,6,9,12-13H,1-2,4-5,7-8,10-11H2,(H,16,18)/t12-,13+/m1/s1. The van der Waals surface area contributed by atoms with Crippen molar-refractivity contribution in [3.05, 3.63) is 17.5 Å². The van der Waals surface area contributed by atoms with Gasteiger partial charge in [0.15, 0.2) is 0 Å². The van der Waals surface area contributed by atoms with Gasteiger partial charge in [-0.25, -0.2) is 8.42 Å². The minimum absolute atomic E-state index is 0.0634. The second kappa shape index (κ2) is 7.29. The molecule has 2 saturated heterocycles. The molecule has 0 spiro atoms. The van der Waals surface area contributed by atoms with Gasteiger partial charge in [0, 0.05) is 26.2 Å². The van der Waals surface area contributed by atoms with E-state index in [1.807, 2.05) is 0 Å². The Bertz CT molecular complexity index is 624. The third-order valence-corrected chi connectivity index (χ3v) is 7.61. The van der Waals surface area contributed by atoms with Crippen molar-refractivity contribution in [2.45, 2.75) is 36.0 Å². The molecule has 0 radical (unpaired) electrons. The van der Waals surface area contributed by atoms with Crippen LogP contribution in [0.4, 0.5) is 0 Å². The Morgan fingerprint density at radius 2 is 2.26 bits per heavy atom. The molecule has 0 unspecified atom stereocenters. The van der Waals surface area contributed by atoms with Gasteiger partial charge in [0.2, 0.25) is 5.91 Å². The summed E-state index contributed by atoms with van der Waals surface area (Å²) in [5.41, 5.74) is 0. The van der Waals surface area contributed by atoms with Crippen LogP contribution in [0.3, 0.4) is 0 Å². The van der Waals surface area contributed by atoms with Crippen molar-refractivity contribution in [3.63, 3.8) is 0 Å². The van der Waals surface area contributed by atoms with E-state index in [4.69, 9.17) is 4.74 Å². The summed E-state index contributed by atoms with van der Waals surface area (Å²) in [7, 11) is -3.47. The first-order valence-corrected chi connectivity index (χ1v) is 10.3. The third-order valence-electron chi connectivity index (χ3n) is 4.37. The van der Waals surface area contributed by atoms with Crippen LogP contribution in [0.1, 0.15) is 25.7 Å². The number of sulfonamides is 1. The summed E-state index contributed by atoms with van der Waals surface area (Å²) in [6.45, 7) is 2.02. The molecule has 2 aliphatic heterocycles. The number of rotatable bonds is 5. The van der Waals surface area contributed by atoms with Crippen molar-refractivity contribution in [1.29, 1.82) is 0 Å². The smallest absolute Gasteiger partial charge is 0.252 e. The topological polar surface area (TPSA) is 75.7 Å². The zero-order chi connectivity index (χ0) is 16.3. The Morgan fingerprint density at radius 1 is 1.39 bits per heavy atom. The maximum atomic E-state index is 12.6. The predicted octanol–water partition coefficient (Wildman–Crippen LogP) is 1.44. The van der Waals surface area contributed by atoms with E-state index >= 15 is 0 Å². The van der Waals surface area contributed by atoms with E-state index in [9.17, 15) is 13.2 Å². The zero-order valence-electron chi connectivity index (χ0n) is 12.9. The highest BCUT2D eigenvalue weighted by Crippen LogP contribution is 2.26. The summed E-state index contributed by atoms with van der Waals surface area (Å²) in [5.74, 6) is -0.341. The summed E-state index contributed by atoms with van der Waals surface area (Å²) in [4.78, 5) is 12.3. The average molecular weight is 358 g/mol. The van der Waals surface area contributed by atoms with Crippen LogP contribution in [-0.2, 0) is 19.6 Å². The number of carbonyl (C=O) groups excluding carboxylic acids is 1. The van der Waals surface area contributed by atoms with E-state index in [-0.39, 0.29) is 24.5 Å². The van der Waals surface area contributed by atoms with Gasteiger partial charge in [-0.05, 0) is 37.1 Å². The van der Waals surface area contributed by atoms with Crippen molar-refractivity contribution in [2.24, 2.45) is 5.92 Å². The Hall–Kier alpha value is -0.960. The molecule has 23 heavy (non-hydrogen) atoms. The maximum absolute atomic E-state index is 12.6. The van der Waals surface area contributed by atoms with Gasteiger partial charge < -0.3 is 10.1 Å². The van der Waals surface area contributed by atoms with Gasteiger partial charge in [0.1, 0.15) is 4.21 Å². The molecular formula is C15H22N2O4S2. The second-order valence-electron chi connectivity index (χ2n) is 6.01. The van der Waals surface area contributed by atoms with Gasteiger partial charge in [-0.15, -0.1) is 11.3 Å². The maximum Gasteiger partial charge on any atom is 0.252 e. The number of nitrogens with one attached hydrogen (secondary N) is 1. The summed E-state index contributed by atoms with van der Waals surface area (Å²) in [6, 6.07) is 3.34. The minimum Gasteiger partial charge on any atom is -0.376 e. The van der Waals surface area contributed by atoms with Crippen LogP contribution in [0.25, 0.3) is 0 Å². The Kier molecular flexibility index (Phi) is 5.35. The summed E-state index contributed by atoms with van der Waals surface area (Å²) in [5, 5.41) is 4.67. The fraction of sp³-hybridized carbons (Fsp3) is 0.667. The number of carbonyl (C=O) groups is 1. The number of ether oxygens (including phenoxy) is 1. The summed E-state index contributed by atoms with van der Waals surface area (Å²) in [6.07, 6.45) is 3.56. The van der Waals surface area contributed by atoms with E-state index < -0.39 is 10.0 Å². The normalized spacial score (nSPS) is 26.3. The molecule has 2 aliphatic rings. The molecule has 1 N–H and O–H groups in total. The van der Waals surface area contributed by atoms with Gasteiger partial charge in [0.05, 0.1) is 12.0 Å². The molecule has 3 heterocycles. The molecule has 2 fully saturated rings. The molecule has 3 rings (SSSR count). The number of thiophene rings is 1. The molecule has 2 atom stereocenters. The molecule has 0 aliphatic carbocycles. The molecule has 128 valence electrons. The molecule has 0 bridgehead atoms. The Morgan fingerprint density at radius 3 is 2.96 bits per heavy atom. The third kappa shape index (κ3) is 3.93. The second-order valence-corrected chi connectivity index (χ2v) is 9.13. The number of amides is 1. The largest absolute Gasteiger partial charge is 0.376 e. The van der Waals surface area contributed by atoms with Crippen molar-refractivity contribution in [1.82, 2.24) is 9.62 Å². The van der Waals surface area contributed by atoms with Gasteiger partial charge in [-0.1, -0.05) is 6.07 Å². The molecule has 8 heteroatoms. The lowest BCUT2D eigenvalue weighted by atomic mass is 9.99. The molecule has 1 aromatic heterocycles. The van der Waals surface area contributed by atoms with Crippen molar-refractivity contribution in [3.8, 4) is 0 Å². The van der Waals surface area contributed by atoms with Crippen molar-refractivity contribution >= 4 is 27.3 Å². The number of hydrogen-bond donors (Lipinski definition) is 1. The SMILES string of the molecule is O=C(NC[C@@H]1CCCO1)[C@@H]1CCCN(S(=O)(=O)c2cccs2)C1. The van der Waals surface area contributed by atoms with Crippen LogP contribution < -0.4 is 5.32 Å². The highest BCUT2D eigenvalue weighted by atomic mass is 32.2. The molecule has 6 nitrogen and oxygen atoms in total. The van der Waals surface area contributed by atoms with E-state index in [2.05, 4.69) is 5.32 Å². The lowest BCUT2D eigenvalue weighted by Crippen LogP contribution is -2.46. The number of hydrogen-bond acceptors (Lipinski definition) is 5. The van der Waals surface area contributed by atoms with E-state index in [0.717, 1.165) is 25.9 Å². The first-order chi connectivity index (χ1) is 11.1. The molecular weight excluding hydrogens is 336 g/mol. The lowest BCUT2D eigenvalue weighted by molar-refractivity contribution is -0.126. The molecule has 1 amide bonds. The fourth-order valence-corrected chi connectivity index (χ4v) is 5.74. The van der Waals surface area contributed by atoms with Gasteiger partial charge in [-0.2, -0.15) is 4.31 Å². The van der Waals surface area contributed by atoms with Crippen LogP contribution in [0.5, 0.6) is 0 Å². The van der Waals surface area contributed by atoms with Gasteiger partial charge in [0.25, 0.3) is 10.0 Å². The van der Waals surface area contributed by atoms with Crippen LogP contribution >= 0.6 is 11.3 Å².